The highest BCUT2D eigenvalue weighted by Gasteiger charge is 2.33. The number of hydrogen-bond donors (Lipinski definition) is 1. The summed E-state index contributed by atoms with van der Waals surface area (Å²) in [6.45, 7) is 9.22. The molecule has 1 atom stereocenters. The maximum atomic E-state index is 5.91. The summed E-state index contributed by atoms with van der Waals surface area (Å²) in [5.41, 5.74) is 5.03. The summed E-state index contributed by atoms with van der Waals surface area (Å²) >= 11 is 0. The van der Waals surface area contributed by atoms with Crippen LogP contribution in [0.2, 0.25) is 6.55 Å². The zero-order valence-corrected chi connectivity index (χ0v) is 20.3. The molecular formula is C20H48ClNO3Si. The Balaban J connectivity index is -0.000000951. The molecular weight excluding hydrogens is 366 g/mol. The second-order valence-electron chi connectivity index (χ2n) is 6.96. The number of unbranched alkanes of at least 4 members (excludes halogenated alkanes) is 9. The van der Waals surface area contributed by atoms with Gasteiger partial charge in [0.05, 0.1) is 0 Å². The quantitative estimate of drug-likeness (QED) is 0.237. The fraction of sp³-hybridized carbons (Fsp3) is 1.00. The number of hydrogen-bond acceptors (Lipinski definition) is 4. The number of rotatable bonds is 16. The third kappa shape index (κ3) is 22.4. The SMILES string of the molecule is CCCCCCCCCCCCC(C)O[Si](C)(OC)OC.CCCN.Cl. The van der Waals surface area contributed by atoms with Gasteiger partial charge in [-0.2, -0.15) is 0 Å². The molecule has 162 valence electrons. The van der Waals surface area contributed by atoms with Gasteiger partial charge in [-0.05, 0) is 26.3 Å². The predicted molar refractivity (Wildman–Crippen MR) is 119 cm³/mol. The lowest BCUT2D eigenvalue weighted by atomic mass is 10.1. The third-order valence-corrected chi connectivity index (χ3v) is 6.72. The highest BCUT2D eigenvalue weighted by molar-refractivity contribution is 6.59. The minimum Gasteiger partial charge on any atom is -0.377 e. The molecule has 0 saturated heterocycles. The number of nitrogens with two attached hydrogens (primary N) is 1. The molecule has 0 aliphatic heterocycles. The molecule has 0 heterocycles. The van der Waals surface area contributed by atoms with E-state index in [-0.39, 0.29) is 18.5 Å². The van der Waals surface area contributed by atoms with Crippen molar-refractivity contribution in [3.63, 3.8) is 0 Å². The van der Waals surface area contributed by atoms with Gasteiger partial charge < -0.3 is 19.0 Å². The van der Waals surface area contributed by atoms with E-state index in [0.717, 1.165) is 19.4 Å². The van der Waals surface area contributed by atoms with Crippen molar-refractivity contribution in [2.24, 2.45) is 5.73 Å². The number of halogens is 1. The topological polar surface area (TPSA) is 53.7 Å². The molecule has 1 unspecified atom stereocenters. The van der Waals surface area contributed by atoms with Crippen LogP contribution >= 0.6 is 12.4 Å². The van der Waals surface area contributed by atoms with Gasteiger partial charge in [-0.1, -0.05) is 78.1 Å². The molecule has 2 N–H and O–H groups in total. The summed E-state index contributed by atoms with van der Waals surface area (Å²) in [5.74, 6) is 0. The van der Waals surface area contributed by atoms with E-state index in [1.165, 1.54) is 64.2 Å². The van der Waals surface area contributed by atoms with Crippen molar-refractivity contribution < 1.29 is 13.3 Å². The van der Waals surface area contributed by atoms with Gasteiger partial charge >= 0.3 is 8.80 Å². The molecule has 0 radical (unpaired) electrons. The van der Waals surface area contributed by atoms with E-state index < -0.39 is 8.80 Å². The highest BCUT2D eigenvalue weighted by atomic mass is 35.5. The maximum absolute atomic E-state index is 5.91. The lowest BCUT2D eigenvalue weighted by Gasteiger charge is -2.26. The first-order valence-electron chi connectivity index (χ1n) is 10.5. The van der Waals surface area contributed by atoms with E-state index in [4.69, 9.17) is 19.0 Å². The Hall–Kier alpha value is 0.347. The van der Waals surface area contributed by atoms with E-state index in [1.807, 2.05) is 6.55 Å². The fourth-order valence-electron chi connectivity index (χ4n) is 2.52. The average molecular weight is 414 g/mol. The fourth-order valence-corrected chi connectivity index (χ4v) is 3.73. The van der Waals surface area contributed by atoms with Crippen LogP contribution < -0.4 is 5.73 Å². The third-order valence-electron chi connectivity index (χ3n) is 4.41. The molecule has 0 spiro atoms. The van der Waals surface area contributed by atoms with Crippen molar-refractivity contribution in [1.29, 1.82) is 0 Å². The summed E-state index contributed by atoms with van der Waals surface area (Å²) < 4.78 is 16.6. The first-order valence-corrected chi connectivity index (χ1v) is 12.7. The molecule has 0 aliphatic carbocycles. The smallest absolute Gasteiger partial charge is 0.377 e. The van der Waals surface area contributed by atoms with Crippen molar-refractivity contribution in [1.82, 2.24) is 0 Å². The van der Waals surface area contributed by atoms with Crippen molar-refractivity contribution >= 4 is 21.2 Å². The Morgan fingerprint density at radius 2 is 1.15 bits per heavy atom. The average Bonchev–Trinajstić information content (AvgIpc) is 2.63. The van der Waals surface area contributed by atoms with E-state index in [1.54, 1.807) is 14.2 Å². The van der Waals surface area contributed by atoms with Gasteiger partial charge in [0.2, 0.25) is 0 Å². The maximum Gasteiger partial charge on any atom is 0.497 e. The van der Waals surface area contributed by atoms with Crippen LogP contribution in [0.15, 0.2) is 0 Å². The molecule has 0 saturated carbocycles. The summed E-state index contributed by atoms with van der Waals surface area (Å²) in [4.78, 5) is 0. The van der Waals surface area contributed by atoms with Crippen LogP contribution in [0.25, 0.3) is 0 Å². The standard InChI is InChI=1S/C17H38O3Si.C3H9N.ClH/c1-6-7-8-9-10-11-12-13-14-15-16-17(2)20-21(5,18-3)19-4;1-2-3-4;/h17H,6-16H2,1-5H3;2-4H2,1H3;1H. The summed E-state index contributed by atoms with van der Waals surface area (Å²) in [6, 6.07) is 0. The monoisotopic (exact) mass is 413 g/mol. The van der Waals surface area contributed by atoms with Crippen LogP contribution in [0.5, 0.6) is 0 Å². The Morgan fingerprint density at radius 3 is 1.50 bits per heavy atom. The molecule has 26 heavy (non-hydrogen) atoms. The predicted octanol–water partition coefficient (Wildman–Crippen LogP) is 6.34. The molecule has 0 rings (SSSR count). The van der Waals surface area contributed by atoms with Crippen LogP contribution in [0, 0.1) is 0 Å². The molecule has 4 nitrogen and oxygen atoms in total. The van der Waals surface area contributed by atoms with E-state index in [9.17, 15) is 0 Å². The zero-order chi connectivity index (χ0) is 19.4. The van der Waals surface area contributed by atoms with Gasteiger partial charge in [-0.3, -0.25) is 0 Å². The van der Waals surface area contributed by atoms with Gasteiger partial charge in [0.1, 0.15) is 0 Å². The Labute approximate surface area is 171 Å². The Morgan fingerprint density at radius 1 is 0.769 bits per heavy atom. The Bertz CT molecular complexity index is 255. The summed E-state index contributed by atoms with van der Waals surface area (Å²) in [6.07, 6.45) is 16.2. The Kier molecular flexibility index (Phi) is 27.9. The second kappa shape index (κ2) is 23.4. The molecule has 0 aromatic rings. The van der Waals surface area contributed by atoms with Crippen LogP contribution in [0.4, 0.5) is 0 Å². The molecule has 6 heteroatoms. The largest absolute Gasteiger partial charge is 0.497 e. The van der Waals surface area contributed by atoms with Crippen LogP contribution in [0.1, 0.15) is 97.8 Å². The minimum atomic E-state index is -2.36. The van der Waals surface area contributed by atoms with Gasteiger partial charge in [-0.15, -0.1) is 12.4 Å². The van der Waals surface area contributed by atoms with Gasteiger partial charge in [-0.25, -0.2) is 0 Å². The van der Waals surface area contributed by atoms with E-state index in [2.05, 4.69) is 20.8 Å². The lowest BCUT2D eigenvalue weighted by molar-refractivity contribution is 0.0641. The second-order valence-corrected chi connectivity index (χ2v) is 9.74. The summed E-state index contributed by atoms with van der Waals surface area (Å²) in [7, 11) is 0.981. The van der Waals surface area contributed by atoms with Crippen molar-refractivity contribution in [2.75, 3.05) is 20.8 Å². The van der Waals surface area contributed by atoms with Crippen LogP contribution in [-0.4, -0.2) is 35.7 Å². The zero-order valence-electron chi connectivity index (χ0n) is 18.5. The van der Waals surface area contributed by atoms with Crippen molar-refractivity contribution in [3.8, 4) is 0 Å². The van der Waals surface area contributed by atoms with Gasteiger partial charge in [0, 0.05) is 26.9 Å². The molecule has 0 bridgehead atoms. The highest BCUT2D eigenvalue weighted by Crippen LogP contribution is 2.16. The normalized spacial score (nSPS) is 12.1. The van der Waals surface area contributed by atoms with Crippen molar-refractivity contribution in [3.05, 3.63) is 0 Å². The van der Waals surface area contributed by atoms with Crippen LogP contribution in [-0.2, 0) is 13.3 Å². The van der Waals surface area contributed by atoms with Crippen molar-refractivity contribution in [2.45, 2.75) is 110 Å². The molecule has 0 aromatic carbocycles. The van der Waals surface area contributed by atoms with E-state index in [0.29, 0.717) is 0 Å². The first-order chi connectivity index (χ1) is 12.0. The summed E-state index contributed by atoms with van der Waals surface area (Å²) in [5, 5.41) is 0. The van der Waals surface area contributed by atoms with Gasteiger partial charge in [0.15, 0.2) is 0 Å². The van der Waals surface area contributed by atoms with E-state index >= 15 is 0 Å². The first kappa shape index (κ1) is 31.1. The lowest BCUT2D eigenvalue weighted by Crippen LogP contribution is -2.42. The molecule has 0 aliphatic rings. The molecule has 0 amide bonds. The van der Waals surface area contributed by atoms with Crippen LogP contribution in [0.3, 0.4) is 0 Å². The molecule has 0 aromatic heterocycles. The minimum absolute atomic E-state index is 0. The molecule has 0 fully saturated rings. The van der Waals surface area contributed by atoms with Gasteiger partial charge in [0.25, 0.3) is 0 Å².